The molecule has 3 heterocycles. The molecule has 2 aliphatic heterocycles. The third-order valence-corrected chi connectivity index (χ3v) is 5.38. The number of hydrogen-bond acceptors (Lipinski definition) is 4. The molecular weight excluding hydrogens is 301 g/mol. The predicted molar refractivity (Wildman–Crippen MR) is 84.6 cm³/mol. The molecule has 0 spiro atoms. The Morgan fingerprint density at radius 3 is 2.82 bits per heavy atom. The molecule has 22 heavy (non-hydrogen) atoms. The van der Waals surface area contributed by atoms with Gasteiger partial charge in [0.2, 0.25) is 0 Å². The van der Waals surface area contributed by atoms with Crippen LogP contribution in [0.1, 0.15) is 32.5 Å². The van der Waals surface area contributed by atoms with Crippen LogP contribution in [0.2, 0.25) is 0 Å². The summed E-state index contributed by atoms with van der Waals surface area (Å²) in [4.78, 5) is 16.0. The van der Waals surface area contributed by atoms with Crippen molar-refractivity contribution in [1.29, 1.82) is 0 Å². The van der Waals surface area contributed by atoms with Gasteiger partial charge in [0.05, 0.1) is 5.56 Å². The number of anilines is 1. The first-order chi connectivity index (χ1) is 10.6. The Labute approximate surface area is 131 Å². The summed E-state index contributed by atoms with van der Waals surface area (Å²) in [6, 6.07) is 6.21. The van der Waals surface area contributed by atoms with E-state index >= 15 is 0 Å². The first kappa shape index (κ1) is 13.7. The Morgan fingerprint density at radius 2 is 2.05 bits per heavy atom. The molecule has 2 aromatic rings. The molecule has 0 fully saturated rings. The average Bonchev–Trinajstić information content (AvgIpc) is 2.85. The summed E-state index contributed by atoms with van der Waals surface area (Å²) in [5.74, 6) is -0.314. The van der Waals surface area contributed by atoms with E-state index in [1.54, 1.807) is 23.5 Å². The Kier molecular flexibility index (Phi) is 3.16. The summed E-state index contributed by atoms with van der Waals surface area (Å²) in [7, 11) is 2.09. The molecule has 0 unspecified atom stereocenters. The quantitative estimate of drug-likeness (QED) is 0.850. The average molecular weight is 317 g/mol. The van der Waals surface area contributed by atoms with Gasteiger partial charge in [-0.3, -0.25) is 4.79 Å². The molecule has 1 aromatic heterocycles. The van der Waals surface area contributed by atoms with E-state index in [4.69, 9.17) is 0 Å². The van der Waals surface area contributed by atoms with Crippen LogP contribution in [0.3, 0.4) is 0 Å². The van der Waals surface area contributed by atoms with E-state index in [1.807, 2.05) is 0 Å². The number of carbonyl (C=O) groups excluding carboxylic acids is 1. The van der Waals surface area contributed by atoms with Crippen LogP contribution in [-0.4, -0.2) is 24.4 Å². The lowest BCUT2D eigenvalue weighted by molar-refractivity contribution is 0.0935. The minimum Gasteiger partial charge on any atom is -0.353 e. The molecule has 0 bridgehead atoms. The second-order valence-corrected chi connectivity index (χ2v) is 6.90. The van der Waals surface area contributed by atoms with E-state index in [0.29, 0.717) is 0 Å². The molecule has 1 atom stereocenters. The van der Waals surface area contributed by atoms with Crippen LogP contribution in [0, 0.1) is 5.82 Å². The predicted octanol–water partition coefficient (Wildman–Crippen LogP) is 2.73. The minimum absolute atomic E-state index is 0.0369. The number of nitrogens with zero attached hydrogens (tertiary/aromatic N) is 1. The van der Waals surface area contributed by atoms with Gasteiger partial charge in [-0.25, -0.2) is 4.39 Å². The van der Waals surface area contributed by atoms with E-state index in [1.165, 1.54) is 22.6 Å². The number of amides is 1. The maximum Gasteiger partial charge on any atom is 0.256 e. The Morgan fingerprint density at radius 1 is 1.27 bits per heavy atom. The van der Waals surface area contributed by atoms with Crippen LogP contribution >= 0.6 is 11.3 Å². The third-order valence-electron chi connectivity index (χ3n) is 4.23. The van der Waals surface area contributed by atoms with Gasteiger partial charge in [-0.1, -0.05) is 12.1 Å². The van der Waals surface area contributed by atoms with E-state index in [2.05, 4.69) is 22.6 Å². The molecule has 114 valence electrons. The van der Waals surface area contributed by atoms with Crippen molar-refractivity contribution in [2.45, 2.75) is 19.1 Å². The lowest BCUT2D eigenvalue weighted by atomic mass is 10.0. The van der Waals surface area contributed by atoms with Crippen molar-refractivity contribution in [2.24, 2.45) is 0 Å². The smallest absolute Gasteiger partial charge is 0.256 e. The molecule has 0 radical (unpaired) electrons. The fourth-order valence-electron chi connectivity index (χ4n) is 3.07. The van der Waals surface area contributed by atoms with Crippen molar-refractivity contribution in [2.75, 3.05) is 18.9 Å². The Bertz CT molecular complexity index is 741. The van der Waals surface area contributed by atoms with Gasteiger partial charge in [0, 0.05) is 18.0 Å². The molecule has 4 rings (SSSR count). The summed E-state index contributed by atoms with van der Waals surface area (Å²) in [6.07, 6.45) is 0.604. The molecule has 4 nitrogen and oxygen atoms in total. The first-order valence-electron chi connectivity index (χ1n) is 7.28. The number of fused-ring (bicyclic) bond motifs is 3. The number of halogens is 1. The van der Waals surface area contributed by atoms with Crippen LogP contribution < -0.4 is 10.6 Å². The summed E-state index contributed by atoms with van der Waals surface area (Å²) in [6.45, 7) is 1.87. The van der Waals surface area contributed by atoms with Gasteiger partial charge < -0.3 is 15.5 Å². The zero-order chi connectivity index (χ0) is 15.3. The van der Waals surface area contributed by atoms with Gasteiger partial charge in [0.1, 0.15) is 17.0 Å². The third kappa shape index (κ3) is 2.19. The van der Waals surface area contributed by atoms with Crippen molar-refractivity contribution in [3.8, 4) is 0 Å². The molecule has 0 saturated heterocycles. The Balaban J connectivity index is 1.69. The van der Waals surface area contributed by atoms with Crippen molar-refractivity contribution < 1.29 is 9.18 Å². The molecule has 1 amide bonds. The lowest BCUT2D eigenvalue weighted by Gasteiger charge is -2.27. The molecule has 2 aliphatic rings. The number of hydrogen-bond donors (Lipinski definition) is 2. The molecule has 0 saturated carbocycles. The zero-order valence-electron chi connectivity index (χ0n) is 12.1. The zero-order valence-corrected chi connectivity index (χ0v) is 13.0. The summed E-state index contributed by atoms with van der Waals surface area (Å²) in [5.41, 5.74) is 2.83. The summed E-state index contributed by atoms with van der Waals surface area (Å²) in [5, 5.41) is 7.29. The SMILES string of the molecule is CN1CCc2c(sc3c2C(=O)N[C@H](c2ccc(F)cc2)N3)C1. The largest absolute Gasteiger partial charge is 0.353 e. The summed E-state index contributed by atoms with van der Waals surface area (Å²) >= 11 is 1.66. The highest BCUT2D eigenvalue weighted by atomic mass is 32.1. The second-order valence-electron chi connectivity index (χ2n) is 5.80. The molecule has 2 N–H and O–H groups in total. The van der Waals surface area contributed by atoms with Gasteiger partial charge in [0.25, 0.3) is 5.91 Å². The van der Waals surface area contributed by atoms with Crippen LogP contribution in [-0.2, 0) is 13.0 Å². The molecule has 6 heteroatoms. The van der Waals surface area contributed by atoms with Crippen molar-refractivity contribution in [1.82, 2.24) is 10.2 Å². The van der Waals surface area contributed by atoms with Crippen molar-refractivity contribution in [3.05, 3.63) is 51.7 Å². The molecular formula is C16H16FN3OS. The van der Waals surface area contributed by atoms with Gasteiger partial charge in [0.15, 0.2) is 0 Å². The van der Waals surface area contributed by atoms with Crippen molar-refractivity contribution in [3.63, 3.8) is 0 Å². The monoisotopic (exact) mass is 317 g/mol. The Hall–Kier alpha value is -1.92. The summed E-state index contributed by atoms with van der Waals surface area (Å²) < 4.78 is 13.1. The van der Waals surface area contributed by atoms with E-state index in [0.717, 1.165) is 35.6 Å². The lowest BCUT2D eigenvalue weighted by Crippen LogP contribution is -2.38. The number of thiophene rings is 1. The normalized spacial score (nSPS) is 20.8. The molecule has 0 aliphatic carbocycles. The van der Waals surface area contributed by atoms with Gasteiger partial charge >= 0.3 is 0 Å². The van der Waals surface area contributed by atoms with E-state index in [9.17, 15) is 9.18 Å². The number of benzene rings is 1. The van der Waals surface area contributed by atoms with Gasteiger partial charge in [-0.2, -0.15) is 0 Å². The fourth-order valence-corrected chi connectivity index (χ4v) is 4.42. The van der Waals surface area contributed by atoms with Crippen molar-refractivity contribution >= 4 is 22.2 Å². The maximum atomic E-state index is 13.1. The highest BCUT2D eigenvalue weighted by Crippen LogP contribution is 2.40. The topological polar surface area (TPSA) is 44.4 Å². The highest BCUT2D eigenvalue weighted by molar-refractivity contribution is 7.16. The highest BCUT2D eigenvalue weighted by Gasteiger charge is 2.32. The van der Waals surface area contributed by atoms with Crippen LogP contribution in [0.4, 0.5) is 9.39 Å². The van der Waals surface area contributed by atoms with Gasteiger partial charge in [-0.15, -0.1) is 11.3 Å². The van der Waals surface area contributed by atoms with Crippen LogP contribution in [0.5, 0.6) is 0 Å². The number of rotatable bonds is 1. The number of carbonyl (C=O) groups is 1. The van der Waals surface area contributed by atoms with E-state index < -0.39 is 0 Å². The maximum absolute atomic E-state index is 13.1. The molecule has 1 aromatic carbocycles. The first-order valence-corrected chi connectivity index (χ1v) is 8.09. The standard InChI is InChI=1S/C16H16FN3OS/c1-20-7-6-11-12(8-20)22-16-13(11)15(21)18-14(19-16)9-2-4-10(17)5-3-9/h2-5,14,19H,6-8H2,1H3,(H,18,21)/t14-/m0/s1. The minimum atomic E-state index is -0.307. The van der Waals surface area contributed by atoms with E-state index in [-0.39, 0.29) is 17.9 Å². The fraction of sp³-hybridized carbons (Fsp3) is 0.312. The number of likely N-dealkylation sites (N-methyl/N-ethyl adjacent to an activating group) is 1. The number of nitrogens with one attached hydrogen (secondary N) is 2. The van der Waals surface area contributed by atoms with Crippen LogP contribution in [0.25, 0.3) is 0 Å². The van der Waals surface area contributed by atoms with Crippen LogP contribution in [0.15, 0.2) is 24.3 Å². The second kappa shape index (κ2) is 5.07. The van der Waals surface area contributed by atoms with Gasteiger partial charge in [-0.05, 0) is 36.7 Å².